The summed E-state index contributed by atoms with van der Waals surface area (Å²) in [6.45, 7) is 4.51. The SMILES string of the molecule is CN(C1CCC(CC(C)(C)NC[C@H](O)c2cncc(F)c2)CC1)S(C)(=O)=O. The van der Waals surface area contributed by atoms with Gasteiger partial charge >= 0.3 is 0 Å². The molecular weight excluding hydrogens is 369 g/mol. The van der Waals surface area contributed by atoms with E-state index in [0.717, 1.165) is 38.3 Å². The number of halogens is 1. The van der Waals surface area contributed by atoms with Crippen LogP contribution in [0.2, 0.25) is 0 Å². The molecule has 0 aromatic carbocycles. The van der Waals surface area contributed by atoms with Crippen LogP contribution in [0.3, 0.4) is 0 Å². The first kappa shape index (κ1) is 22.2. The molecule has 27 heavy (non-hydrogen) atoms. The normalized spacial score (nSPS) is 22.8. The van der Waals surface area contributed by atoms with Gasteiger partial charge in [0.15, 0.2) is 0 Å². The van der Waals surface area contributed by atoms with Crippen LogP contribution in [-0.4, -0.2) is 54.2 Å². The van der Waals surface area contributed by atoms with E-state index in [9.17, 15) is 17.9 Å². The van der Waals surface area contributed by atoms with E-state index >= 15 is 0 Å². The number of aromatic nitrogens is 1. The first-order valence-corrected chi connectivity index (χ1v) is 11.3. The van der Waals surface area contributed by atoms with Crippen molar-refractivity contribution in [1.82, 2.24) is 14.6 Å². The number of nitrogens with one attached hydrogen (secondary N) is 1. The van der Waals surface area contributed by atoms with Gasteiger partial charge in [0.25, 0.3) is 0 Å². The van der Waals surface area contributed by atoms with Crippen LogP contribution in [-0.2, 0) is 10.0 Å². The van der Waals surface area contributed by atoms with Crippen LogP contribution in [0.5, 0.6) is 0 Å². The predicted octanol–water partition coefficient (Wildman–Crippen LogP) is 2.46. The van der Waals surface area contributed by atoms with Crippen LogP contribution in [0.25, 0.3) is 0 Å². The minimum absolute atomic E-state index is 0.0922. The van der Waals surface area contributed by atoms with Crippen LogP contribution in [0.15, 0.2) is 18.5 Å². The molecule has 0 bridgehead atoms. The molecule has 1 aromatic rings. The molecule has 1 aliphatic rings. The van der Waals surface area contributed by atoms with Crippen molar-refractivity contribution in [3.8, 4) is 0 Å². The maximum Gasteiger partial charge on any atom is 0.211 e. The Morgan fingerprint density at radius 3 is 2.52 bits per heavy atom. The third-order valence-electron chi connectivity index (χ3n) is 5.54. The third kappa shape index (κ3) is 6.78. The topological polar surface area (TPSA) is 82.5 Å². The lowest BCUT2D eigenvalue weighted by Crippen LogP contribution is -2.44. The Hall–Kier alpha value is -1.09. The molecule has 154 valence electrons. The summed E-state index contributed by atoms with van der Waals surface area (Å²) in [5.74, 6) is 0.0614. The fourth-order valence-corrected chi connectivity index (χ4v) is 4.63. The van der Waals surface area contributed by atoms with E-state index in [0.29, 0.717) is 18.0 Å². The molecule has 0 aliphatic heterocycles. The monoisotopic (exact) mass is 401 g/mol. The Kier molecular flexibility index (Phi) is 7.35. The molecule has 1 aromatic heterocycles. The Morgan fingerprint density at radius 2 is 1.96 bits per heavy atom. The Balaban J connectivity index is 1.81. The first-order chi connectivity index (χ1) is 12.5. The molecular formula is C19H32FN3O3S. The molecule has 1 atom stereocenters. The van der Waals surface area contributed by atoms with Crippen LogP contribution >= 0.6 is 0 Å². The van der Waals surface area contributed by atoms with Crippen molar-refractivity contribution >= 4 is 10.0 Å². The molecule has 2 N–H and O–H groups in total. The van der Waals surface area contributed by atoms with Crippen molar-refractivity contribution in [3.63, 3.8) is 0 Å². The van der Waals surface area contributed by atoms with Crippen LogP contribution in [0.1, 0.15) is 57.6 Å². The van der Waals surface area contributed by atoms with E-state index in [-0.39, 0.29) is 11.6 Å². The molecule has 8 heteroatoms. The number of aliphatic hydroxyl groups excluding tert-OH is 1. The molecule has 0 spiro atoms. The number of pyridine rings is 1. The smallest absolute Gasteiger partial charge is 0.211 e. The highest BCUT2D eigenvalue weighted by atomic mass is 32.2. The van der Waals surface area contributed by atoms with Gasteiger partial charge in [-0.25, -0.2) is 17.1 Å². The lowest BCUT2D eigenvalue weighted by molar-refractivity contribution is 0.146. The summed E-state index contributed by atoms with van der Waals surface area (Å²) < 4.78 is 38.1. The van der Waals surface area contributed by atoms with Gasteiger partial charge in [-0.15, -0.1) is 0 Å². The fourth-order valence-electron chi connectivity index (χ4n) is 3.88. The second kappa shape index (κ2) is 8.94. The van der Waals surface area contributed by atoms with Gasteiger partial charge in [0, 0.05) is 36.9 Å². The lowest BCUT2D eigenvalue weighted by atomic mass is 9.79. The second-order valence-corrected chi connectivity index (χ2v) is 10.4. The molecule has 6 nitrogen and oxygen atoms in total. The maximum atomic E-state index is 13.2. The van der Waals surface area contributed by atoms with E-state index in [2.05, 4.69) is 24.1 Å². The summed E-state index contributed by atoms with van der Waals surface area (Å²) >= 11 is 0. The molecule has 0 saturated heterocycles. The average molecular weight is 402 g/mol. The van der Waals surface area contributed by atoms with Crippen LogP contribution < -0.4 is 5.32 Å². The molecule has 2 rings (SSSR count). The van der Waals surface area contributed by atoms with Gasteiger partial charge in [0.2, 0.25) is 10.0 Å². The van der Waals surface area contributed by atoms with Gasteiger partial charge in [0.1, 0.15) is 5.82 Å². The zero-order valence-corrected chi connectivity index (χ0v) is 17.5. The van der Waals surface area contributed by atoms with Gasteiger partial charge < -0.3 is 10.4 Å². The highest BCUT2D eigenvalue weighted by Crippen LogP contribution is 2.33. The minimum atomic E-state index is -3.14. The summed E-state index contributed by atoms with van der Waals surface area (Å²) in [4.78, 5) is 3.77. The molecule has 0 radical (unpaired) electrons. The highest BCUT2D eigenvalue weighted by molar-refractivity contribution is 7.88. The standard InChI is InChI=1S/C19H32FN3O3S/c1-19(2,22-13-18(24)15-9-16(20)12-21-11-15)10-14-5-7-17(8-6-14)23(3)27(4,25)26/h9,11-12,14,17-18,22,24H,5-8,10,13H2,1-4H3/t14?,17?,18-/m0/s1. The third-order valence-corrected chi connectivity index (χ3v) is 6.88. The van der Waals surface area contributed by atoms with Gasteiger partial charge in [-0.1, -0.05) is 0 Å². The molecule has 0 amide bonds. The van der Waals surface area contributed by atoms with E-state index in [4.69, 9.17) is 0 Å². The summed E-state index contributed by atoms with van der Waals surface area (Å²) in [6.07, 6.45) is 7.71. The number of rotatable bonds is 8. The summed E-state index contributed by atoms with van der Waals surface area (Å²) in [6, 6.07) is 1.39. The van der Waals surface area contributed by atoms with Gasteiger partial charge in [0.05, 0.1) is 18.6 Å². The number of β-amino-alcohol motifs (C(OH)–C–C–N with tert-alkyl or cyclic N) is 1. The molecule has 1 aliphatic carbocycles. The summed E-state index contributed by atoms with van der Waals surface area (Å²) in [7, 11) is -1.48. The molecule has 0 unspecified atom stereocenters. The molecule has 1 heterocycles. The highest BCUT2D eigenvalue weighted by Gasteiger charge is 2.31. The second-order valence-electron chi connectivity index (χ2n) is 8.37. The Bertz CT molecular complexity index is 719. The Morgan fingerprint density at radius 1 is 1.33 bits per heavy atom. The number of nitrogens with zero attached hydrogens (tertiary/aromatic N) is 2. The molecule has 1 fully saturated rings. The van der Waals surface area contributed by atoms with E-state index in [1.54, 1.807) is 7.05 Å². The van der Waals surface area contributed by atoms with E-state index in [1.165, 1.54) is 22.8 Å². The van der Waals surface area contributed by atoms with Crippen molar-refractivity contribution in [3.05, 3.63) is 29.8 Å². The summed E-state index contributed by atoms with van der Waals surface area (Å²) in [5, 5.41) is 13.6. The van der Waals surface area contributed by atoms with Crippen molar-refractivity contribution in [2.45, 2.75) is 63.6 Å². The number of aliphatic hydroxyl groups is 1. The summed E-state index contributed by atoms with van der Waals surface area (Å²) in [5.41, 5.74) is 0.282. The van der Waals surface area contributed by atoms with Crippen LogP contribution in [0.4, 0.5) is 4.39 Å². The van der Waals surface area contributed by atoms with E-state index in [1.807, 2.05) is 0 Å². The first-order valence-electron chi connectivity index (χ1n) is 9.44. The fraction of sp³-hybridized carbons (Fsp3) is 0.737. The average Bonchev–Trinajstić information content (AvgIpc) is 2.58. The predicted molar refractivity (Wildman–Crippen MR) is 104 cm³/mol. The quantitative estimate of drug-likeness (QED) is 0.699. The van der Waals surface area contributed by atoms with Crippen LogP contribution in [0, 0.1) is 11.7 Å². The van der Waals surface area contributed by atoms with Crippen molar-refractivity contribution < 1.29 is 17.9 Å². The van der Waals surface area contributed by atoms with Crippen molar-refractivity contribution in [2.24, 2.45) is 5.92 Å². The van der Waals surface area contributed by atoms with Gasteiger partial charge in [-0.3, -0.25) is 4.98 Å². The van der Waals surface area contributed by atoms with Crippen molar-refractivity contribution in [2.75, 3.05) is 19.8 Å². The lowest BCUT2D eigenvalue weighted by Gasteiger charge is -2.37. The zero-order chi connectivity index (χ0) is 20.2. The minimum Gasteiger partial charge on any atom is -0.387 e. The van der Waals surface area contributed by atoms with Crippen molar-refractivity contribution in [1.29, 1.82) is 0 Å². The number of sulfonamides is 1. The maximum absolute atomic E-state index is 13.2. The van der Waals surface area contributed by atoms with Gasteiger partial charge in [-0.2, -0.15) is 0 Å². The van der Waals surface area contributed by atoms with E-state index < -0.39 is 21.9 Å². The largest absolute Gasteiger partial charge is 0.387 e. The number of hydrogen-bond donors (Lipinski definition) is 2. The van der Waals surface area contributed by atoms with Gasteiger partial charge in [-0.05, 0) is 57.9 Å². The number of hydrogen-bond acceptors (Lipinski definition) is 5. The molecule has 1 saturated carbocycles. The Labute approximate surface area is 162 Å². The zero-order valence-electron chi connectivity index (χ0n) is 16.7.